The molecule has 9 heteroatoms. The molecule has 0 bridgehead atoms. The molecule has 1 saturated heterocycles. The summed E-state index contributed by atoms with van der Waals surface area (Å²) in [6.45, 7) is 3.75. The number of amides is 1. The molecule has 7 atom stereocenters. The molecule has 0 spiro atoms. The van der Waals surface area contributed by atoms with Gasteiger partial charge >= 0.3 is 0 Å². The maximum atomic E-state index is 13.1. The summed E-state index contributed by atoms with van der Waals surface area (Å²) in [7, 11) is 0. The fourth-order valence-electron chi connectivity index (χ4n) is 9.02. The number of allylic oxidation sites excluding steroid dienone is 11. The number of unbranched alkanes of at least 4 members (excludes halogenated alkanes) is 30. The third-order valence-corrected chi connectivity index (χ3v) is 13.7. The van der Waals surface area contributed by atoms with Crippen LogP contribution in [-0.4, -0.2) is 87.5 Å². The van der Waals surface area contributed by atoms with Crippen molar-refractivity contribution >= 4 is 5.91 Å². The zero-order valence-electron chi connectivity index (χ0n) is 45.7. The second-order valence-electron chi connectivity index (χ2n) is 20.4. The number of aliphatic hydroxyl groups excluding tert-OH is 5. The predicted molar refractivity (Wildman–Crippen MR) is 299 cm³/mol. The first kappa shape index (κ1) is 66.6. The molecule has 1 rings (SSSR count). The lowest BCUT2D eigenvalue weighted by Crippen LogP contribution is -2.60. The maximum absolute atomic E-state index is 13.1. The van der Waals surface area contributed by atoms with Gasteiger partial charge in [-0.15, -0.1) is 0 Å². The summed E-state index contributed by atoms with van der Waals surface area (Å²) in [4.78, 5) is 13.1. The van der Waals surface area contributed by atoms with Crippen molar-refractivity contribution in [2.45, 2.75) is 301 Å². The number of rotatable bonds is 50. The van der Waals surface area contributed by atoms with Crippen molar-refractivity contribution in [2.24, 2.45) is 0 Å². The van der Waals surface area contributed by atoms with E-state index in [0.29, 0.717) is 6.42 Å². The lowest BCUT2D eigenvalue weighted by molar-refractivity contribution is -0.302. The molecule has 0 saturated carbocycles. The van der Waals surface area contributed by atoms with Gasteiger partial charge in [0.1, 0.15) is 24.4 Å². The lowest BCUT2D eigenvalue weighted by Gasteiger charge is -2.40. The average molecular weight is 999 g/mol. The Balaban J connectivity index is 2.22. The van der Waals surface area contributed by atoms with Crippen molar-refractivity contribution in [3.63, 3.8) is 0 Å². The first-order chi connectivity index (χ1) is 34.8. The van der Waals surface area contributed by atoms with Gasteiger partial charge in [0.25, 0.3) is 0 Å². The molecule has 0 aliphatic carbocycles. The second kappa shape index (κ2) is 51.1. The number of ether oxygens (including phenoxy) is 2. The molecule has 0 aromatic rings. The molecule has 1 fully saturated rings. The highest BCUT2D eigenvalue weighted by Gasteiger charge is 2.44. The minimum Gasteiger partial charge on any atom is -0.394 e. The smallest absolute Gasteiger partial charge is 0.220 e. The van der Waals surface area contributed by atoms with E-state index in [0.717, 1.165) is 57.8 Å². The summed E-state index contributed by atoms with van der Waals surface area (Å²) in [5.41, 5.74) is 0. The van der Waals surface area contributed by atoms with Gasteiger partial charge in [0, 0.05) is 6.42 Å². The molecule has 0 aromatic carbocycles. The Morgan fingerprint density at radius 1 is 0.479 bits per heavy atom. The van der Waals surface area contributed by atoms with Crippen LogP contribution in [0.25, 0.3) is 0 Å². The van der Waals surface area contributed by atoms with E-state index in [1.54, 1.807) is 6.08 Å². The van der Waals surface area contributed by atoms with Gasteiger partial charge in [-0.25, -0.2) is 0 Å². The average Bonchev–Trinajstić information content (AvgIpc) is 3.37. The Morgan fingerprint density at radius 3 is 1.28 bits per heavy atom. The molecule has 0 aromatic heterocycles. The molecule has 412 valence electrons. The van der Waals surface area contributed by atoms with Crippen molar-refractivity contribution in [1.29, 1.82) is 0 Å². The highest BCUT2D eigenvalue weighted by Crippen LogP contribution is 2.23. The zero-order chi connectivity index (χ0) is 51.5. The Bertz CT molecular complexity index is 1340. The topological polar surface area (TPSA) is 149 Å². The molecular formula is C62H111NO8. The Kier molecular flexibility index (Phi) is 48.0. The van der Waals surface area contributed by atoms with E-state index < -0.39 is 49.5 Å². The van der Waals surface area contributed by atoms with Gasteiger partial charge in [0.15, 0.2) is 6.29 Å². The number of carbonyl (C=O) groups is 1. The monoisotopic (exact) mass is 998 g/mol. The molecule has 9 nitrogen and oxygen atoms in total. The number of carbonyl (C=O) groups excluding carboxylic acids is 1. The molecule has 71 heavy (non-hydrogen) atoms. The van der Waals surface area contributed by atoms with Crippen LogP contribution < -0.4 is 5.32 Å². The van der Waals surface area contributed by atoms with Crippen LogP contribution in [0.2, 0.25) is 0 Å². The largest absolute Gasteiger partial charge is 0.394 e. The SMILES string of the molecule is CCCCCCC/C=C\C/C=C\C/C=C\CCCCCCCCCCCCCCCCC(=O)NC(COC1OC(CO)C(O)C(O)C1O)C(O)/C=C/CC/C=C/CC/C=C/CCCCCCCCCCC. The first-order valence-electron chi connectivity index (χ1n) is 29.7. The van der Waals surface area contributed by atoms with Crippen LogP contribution in [0, 0.1) is 0 Å². The fraction of sp³-hybridized carbons (Fsp3) is 0.790. The highest BCUT2D eigenvalue weighted by molar-refractivity contribution is 5.76. The van der Waals surface area contributed by atoms with Crippen LogP contribution in [0.1, 0.15) is 258 Å². The van der Waals surface area contributed by atoms with Gasteiger partial charge in [-0.1, -0.05) is 241 Å². The van der Waals surface area contributed by atoms with Crippen molar-refractivity contribution in [1.82, 2.24) is 5.32 Å². The summed E-state index contributed by atoms with van der Waals surface area (Å²) in [6, 6.07) is -0.832. The summed E-state index contributed by atoms with van der Waals surface area (Å²) < 4.78 is 11.3. The molecular weight excluding hydrogens is 887 g/mol. The second-order valence-corrected chi connectivity index (χ2v) is 20.4. The molecule has 1 heterocycles. The van der Waals surface area contributed by atoms with Gasteiger partial charge in [-0.2, -0.15) is 0 Å². The van der Waals surface area contributed by atoms with Gasteiger partial charge < -0.3 is 40.3 Å². The molecule has 7 unspecified atom stereocenters. The number of hydrogen-bond acceptors (Lipinski definition) is 8. The van der Waals surface area contributed by atoms with Crippen molar-refractivity contribution < 1.29 is 39.8 Å². The summed E-state index contributed by atoms with van der Waals surface area (Å²) in [5, 5.41) is 54.5. The van der Waals surface area contributed by atoms with E-state index in [1.165, 1.54) is 180 Å². The number of hydrogen-bond donors (Lipinski definition) is 6. The molecule has 0 radical (unpaired) electrons. The van der Waals surface area contributed by atoms with Crippen LogP contribution in [0.3, 0.4) is 0 Å². The third kappa shape index (κ3) is 40.7. The van der Waals surface area contributed by atoms with Gasteiger partial charge in [-0.3, -0.25) is 4.79 Å². The van der Waals surface area contributed by atoms with Crippen LogP contribution in [0.15, 0.2) is 72.9 Å². The number of aliphatic hydroxyl groups is 5. The van der Waals surface area contributed by atoms with Crippen LogP contribution in [0.5, 0.6) is 0 Å². The Morgan fingerprint density at radius 2 is 0.845 bits per heavy atom. The van der Waals surface area contributed by atoms with Gasteiger partial charge in [-0.05, 0) is 83.5 Å². The van der Waals surface area contributed by atoms with E-state index >= 15 is 0 Å². The van der Waals surface area contributed by atoms with E-state index in [1.807, 2.05) is 6.08 Å². The Labute approximate surface area is 436 Å². The quantitative estimate of drug-likeness (QED) is 0.0261. The van der Waals surface area contributed by atoms with Crippen molar-refractivity contribution in [2.75, 3.05) is 13.2 Å². The molecule has 1 aliphatic rings. The van der Waals surface area contributed by atoms with Crippen molar-refractivity contribution in [3.8, 4) is 0 Å². The van der Waals surface area contributed by atoms with Crippen molar-refractivity contribution in [3.05, 3.63) is 72.9 Å². The van der Waals surface area contributed by atoms with E-state index in [9.17, 15) is 30.3 Å². The van der Waals surface area contributed by atoms with Crippen LogP contribution >= 0.6 is 0 Å². The summed E-state index contributed by atoms with van der Waals surface area (Å²) in [5.74, 6) is -0.192. The predicted octanol–water partition coefficient (Wildman–Crippen LogP) is 14.8. The summed E-state index contributed by atoms with van der Waals surface area (Å²) >= 11 is 0. The fourth-order valence-corrected chi connectivity index (χ4v) is 9.02. The zero-order valence-corrected chi connectivity index (χ0v) is 45.7. The minimum atomic E-state index is -1.58. The van der Waals surface area contributed by atoms with E-state index in [-0.39, 0.29) is 12.5 Å². The summed E-state index contributed by atoms with van der Waals surface area (Å²) in [6.07, 6.45) is 64.0. The van der Waals surface area contributed by atoms with Gasteiger partial charge in [0.2, 0.25) is 5.91 Å². The molecule has 6 N–H and O–H groups in total. The lowest BCUT2D eigenvalue weighted by atomic mass is 9.99. The Hall–Kier alpha value is -2.37. The van der Waals surface area contributed by atoms with E-state index in [2.05, 4.69) is 79.9 Å². The van der Waals surface area contributed by atoms with Crippen LogP contribution in [0.4, 0.5) is 0 Å². The maximum Gasteiger partial charge on any atom is 0.220 e. The number of nitrogens with one attached hydrogen (secondary N) is 1. The highest BCUT2D eigenvalue weighted by atomic mass is 16.7. The minimum absolute atomic E-state index is 0.192. The molecule has 1 aliphatic heterocycles. The standard InChI is InChI=1S/C62H111NO8/c1-3-5-7-9-11-13-15-17-19-21-23-24-25-26-27-28-29-30-31-32-34-36-38-40-42-44-46-48-50-52-58(66)63-55(54-70-62-61(69)60(68)59(67)57(53-64)71-62)56(65)51-49-47-45-43-41-39-37-35-33-22-20-18-16-14-12-10-8-6-4-2/h15,17,21,23,25-26,33,35,41,43,49,51,55-57,59-62,64-65,67-69H,3-14,16,18-20,22,24,27-32,34,36-40,42,44-48,50,52-54H2,1-2H3,(H,63,66)/b17-15-,23-21-,26-25-,35-33+,43-41+,51-49+. The third-order valence-electron chi connectivity index (χ3n) is 13.7. The van der Waals surface area contributed by atoms with E-state index in [4.69, 9.17) is 9.47 Å². The first-order valence-corrected chi connectivity index (χ1v) is 29.7. The van der Waals surface area contributed by atoms with Crippen LogP contribution in [-0.2, 0) is 14.3 Å². The normalized spacial score (nSPS) is 19.8. The van der Waals surface area contributed by atoms with Gasteiger partial charge in [0.05, 0.1) is 25.4 Å². The molecule has 1 amide bonds.